The van der Waals surface area contributed by atoms with Gasteiger partial charge >= 0.3 is 0 Å². The van der Waals surface area contributed by atoms with Crippen LogP contribution in [0.1, 0.15) is 18.5 Å². The lowest BCUT2D eigenvalue weighted by Gasteiger charge is -2.25. The number of aromatic nitrogens is 2. The van der Waals surface area contributed by atoms with E-state index in [1.807, 2.05) is 6.20 Å². The Balaban J connectivity index is 1.80. The van der Waals surface area contributed by atoms with Crippen LogP contribution >= 0.6 is 0 Å². The first kappa shape index (κ1) is 15.5. The van der Waals surface area contributed by atoms with Crippen molar-refractivity contribution in [3.05, 3.63) is 11.9 Å². The molecule has 2 atom stereocenters. The topological polar surface area (TPSA) is 68.7 Å². The van der Waals surface area contributed by atoms with Crippen molar-refractivity contribution in [2.24, 2.45) is 0 Å². The van der Waals surface area contributed by atoms with E-state index in [0.29, 0.717) is 31.7 Å². The van der Waals surface area contributed by atoms with Crippen molar-refractivity contribution in [1.29, 1.82) is 0 Å². The standard InChI is InChI=1S/C15H24N4O3/c1-20-9-11-4-3-5-19(11)14-8-17-13-7-16-6-12(10-21-2)22-15(13)18-14/h8,11-12,16H,3-7,9-10H2,1-2H3. The molecule has 3 rings (SSSR count). The van der Waals surface area contributed by atoms with Crippen LogP contribution in [0.5, 0.6) is 5.88 Å². The second-order valence-corrected chi connectivity index (χ2v) is 5.75. The summed E-state index contributed by atoms with van der Waals surface area (Å²) < 4.78 is 16.5. The minimum absolute atomic E-state index is 0.0378. The molecule has 1 fully saturated rings. The van der Waals surface area contributed by atoms with Crippen LogP contribution in [-0.4, -0.2) is 62.6 Å². The molecule has 2 aliphatic heterocycles. The molecule has 1 aromatic rings. The Morgan fingerprint density at radius 2 is 2.23 bits per heavy atom. The molecule has 1 aromatic heterocycles. The van der Waals surface area contributed by atoms with Crippen molar-refractivity contribution in [3.63, 3.8) is 0 Å². The molecule has 0 spiro atoms. The van der Waals surface area contributed by atoms with Crippen molar-refractivity contribution >= 4 is 5.82 Å². The van der Waals surface area contributed by atoms with Gasteiger partial charge in [0, 0.05) is 33.9 Å². The van der Waals surface area contributed by atoms with Gasteiger partial charge in [-0.2, -0.15) is 4.98 Å². The van der Waals surface area contributed by atoms with Crippen molar-refractivity contribution in [3.8, 4) is 5.88 Å². The molecule has 0 bridgehead atoms. The third-order valence-electron chi connectivity index (χ3n) is 4.12. The summed E-state index contributed by atoms with van der Waals surface area (Å²) in [5, 5.41) is 3.32. The zero-order valence-electron chi connectivity index (χ0n) is 13.2. The molecule has 122 valence electrons. The quantitative estimate of drug-likeness (QED) is 0.853. The number of nitrogens with zero attached hydrogens (tertiary/aromatic N) is 3. The molecule has 7 nitrogen and oxygen atoms in total. The van der Waals surface area contributed by atoms with Gasteiger partial charge in [-0.1, -0.05) is 0 Å². The van der Waals surface area contributed by atoms with E-state index in [1.54, 1.807) is 14.2 Å². The summed E-state index contributed by atoms with van der Waals surface area (Å²) in [5.74, 6) is 1.49. The Morgan fingerprint density at radius 1 is 1.36 bits per heavy atom. The average molecular weight is 308 g/mol. The molecule has 2 aliphatic rings. The molecule has 22 heavy (non-hydrogen) atoms. The largest absolute Gasteiger partial charge is 0.469 e. The van der Waals surface area contributed by atoms with E-state index < -0.39 is 0 Å². The smallest absolute Gasteiger partial charge is 0.239 e. The lowest BCUT2D eigenvalue weighted by Crippen LogP contribution is -2.34. The molecule has 7 heteroatoms. The Labute approximate surface area is 131 Å². The zero-order chi connectivity index (χ0) is 15.4. The van der Waals surface area contributed by atoms with Crippen molar-refractivity contribution in [2.75, 3.05) is 45.4 Å². The summed E-state index contributed by atoms with van der Waals surface area (Å²) in [4.78, 5) is 11.5. The van der Waals surface area contributed by atoms with E-state index >= 15 is 0 Å². The van der Waals surface area contributed by atoms with Gasteiger partial charge in [0.1, 0.15) is 11.8 Å². The average Bonchev–Trinajstić information content (AvgIpc) is 2.88. The highest BCUT2D eigenvalue weighted by molar-refractivity contribution is 5.42. The van der Waals surface area contributed by atoms with E-state index in [1.165, 1.54) is 0 Å². The number of rotatable bonds is 5. The summed E-state index contributed by atoms with van der Waals surface area (Å²) in [7, 11) is 3.42. The van der Waals surface area contributed by atoms with Crippen molar-refractivity contribution < 1.29 is 14.2 Å². The third-order valence-corrected chi connectivity index (χ3v) is 4.12. The molecule has 1 saturated heterocycles. The molecule has 0 radical (unpaired) electrons. The molecule has 0 saturated carbocycles. The second-order valence-electron chi connectivity index (χ2n) is 5.75. The van der Waals surface area contributed by atoms with E-state index in [4.69, 9.17) is 19.2 Å². The van der Waals surface area contributed by atoms with Gasteiger partial charge in [0.05, 0.1) is 25.5 Å². The predicted molar refractivity (Wildman–Crippen MR) is 82.3 cm³/mol. The molecule has 0 aromatic carbocycles. The number of anilines is 1. The van der Waals surface area contributed by atoms with Crippen LogP contribution in [0.4, 0.5) is 5.82 Å². The second kappa shape index (κ2) is 7.21. The molecule has 2 unspecified atom stereocenters. The summed E-state index contributed by atoms with van der Waals surface area (Å²) in [6.45, 7) is 3.64. The highest BCUT2D eigenvalue weighted by Gasteiger charge is 2.27. The number of methoxy groups -OCH3 is 2. The SMILES string of the molecule is COCC1CNCc2ncc(N3CCCC3COC)nc2O1. The van der Waals surface area contributed by atoms with Gasteiger partial charge in [-0.15, -0.1) is 0 Å². The number of hydrogen-bond acceptors (Lipinski definition) is 7. The minimum atomic E-state index is -0.0378. The first-order chi connectivity index (χ1) is 10.8. The van der Waals surface area contributed by atoms with E-state index in [9.17, 15) is 0 Å². The summed E-state index contributed by atoms with van der Waals surface area (Å²) >= 11 is 0. The number of ether oxygens (including phenoxy) is 3. The maximum absolute atomic E-state index is 5.97. The molecular formula is C15H24N4O3. The van der Waals surface area contributed by atoms with Crippen LogP contribution in [0.3, 0.4) is 0 Å². The third kappa shape index (κ3) is 3.31. The van der Waals surface area contributed by atoms with Gasteiger partial charge in [-0.25, -0.2) is 0 Å². The fourth-order valence-electron chi connectivity index (χ4n) is 3.08. The highest BCUT2D eigenvalue weighted by Crippen LogP contribution is 2.27. The Kier molecular flexibility index (Phi) is 5.07. The Bertz CT molecular complexity index is 500. The summed E-state index contributed by atoms with van der Waals surface area (Å²) in [6.07, 6.45) is 4.08. The normalized spacial score (nSPS) is 24.7. The first-order valence-corrected chi connectivity index (χ1v) is 7.79. The van der Waals surface area contributed by atoms with E-state index in [0.717, 1.165) is 37.4 Å². The molecule has 0 aliphatic carbocycles. The number of hydrogen-bond donors (Lipinski definition) is 1. The maximum atomic E-state index is 5.97. The molecule has 3 heterocycles. The van der Waals surface area contributed by atoms with Crippen LogP contribution in [0, 0.1) is 0 Å². The van der Waals surface area contributed by atoms with Gasteiger partial charge in [-0.3, -0.25) is 4.98 Å². The lowest BCUT2D eigenvalue weighted by molar-refractivity contribution is 0.0810. The fraction of sp³-hybridized carbons (Fsp3) is 0.733. The van der Waals surface area contributed by atoms with Gasteiger partial charge in [0.25, 0.3) is 0 Å². The monoisotopic (exact) mass is 308 g/mol. The van der Waals surface area contributed by atoms with E-state index in [2.05, 4.69) is 15.2 Å². The predicted octanol–water partition coefficient (Wildman–Crippen LogP) is 0.589. The van der Waals surface area contributed by atoms with E-state index in [-0.39, 0.29) is 6.10 Å². The Morgan fingerprint density at radius 3 is 3.05 bits per heavy atom. The molecule has 0 amide bonds. The maximum Gasteiger partial charge on any atom is 0.239 e. The number of fused-ring (bicyclic) bond motifs is 1. The van der Waals surface area contributed by atoms with Gasteiger partial charge in [0.15, 0.2) is 5.82 Å². The van der Waals surface area contributed by atoms with Crippen LogP contribution in [0.15, 0.2) is 6.20 Å². The lowest BCUT2D eigenvalue weighted by atomic mass is 10.2. The fourth-order valence-corrected chi connectivity index (χ4v) is 3.08. The van der Waals surface area contributed by atoms with Crippen molar-refractivity contribution in [1.82, 2.24) is 15.3 Å². The van der Waals surface area contributed by atoms with Gasteiger partial charge in [-0.05, 0) is 12.8 Å². The van der Waals surface area contributed by atoms with Crippen LogP contribution in [0.2, 0.25) is 0 Å². The van der Waals surface area contributed by atoms with Gasteiger partial charge in [0.2, 0.25) is 5.88 Å². The van der Waals surface area contributed by atoms with Gasteiger partial charge < -0.3 is 24.4 Å². The minimum Gasteiger partial charge on any atom is -0.469 e. The molecular weight excluding hydrogens is 284 g/mol. The summed E-state index contributed by atoms with van der Waals surface area (Å²) in [6, 6.07) is 0.371. The highest BCUT2D eigenvalue weighted by atomic mass is 16.5. The van der Waals surface area contributed by atoms with Crippen LogP contribution in [0.25, 0.3) is 0 Å². The Hall–Kier alpha value is -1.44. The van der Waals surface area contributed by atoms with Crippen LogP contribution in [-0.2, 0) is 16.0 Å². The van der Waals surface area contributed by atoms with Crippen molar-refractivity contribution in [2.45, 2.75) is 31.5 Å². The molecule has 1 N–H and O–H groups in total. The first-order valence-electron chi connectivity index (χ1n) is 7.79. The van der Waals surface area contributed by atoms with Crippen LogP contribution < -0.4 is 15.0 Å². The zero-order valence-corrected chi connectivity index (χ0v) is 13.2. The number of nitrogens with one attached hydrogen (secondary N) is 1. The summed E-state index contributed by atoms with van der Waals surface area (Å²) in [5.41, 5.74) is 0.852.